The maximum absolute atomic E-state index is 12.3. The van der Waals surface area contributed by atoms with Crippen LogP contribution in [0.4, 0.5) is 0 Å². The summed E-state index contributed by atoms with van der Waals surface area (Å²) in [4.78, 5) is 13.5. The Morgan fingerprint density at radius 2 is 1.76 bits per heavy atom. The summed E-state index contributed by atoms with van der Waals surface area (Å²) in [5.74, 6) is 1.68. The Balaban J connectivity index is 1.41. The molecular formula is C24H24ClNO2S. The minimum absolute atomic E-state index is 0.0347. The van der Waals surface area contributed by atoms with Gasteiger partial charge < -0.3 is 10.1 Å². The maximum Gasteiger partial charge on any atom is 0.251 e. The lowest BCUT2D eigenvalue weighted by molar-refractivity contribution is 0.0953. The molecule has 3 aromatic carbocycles. The van der Waals surface area contributed by atoms with E-state index in [0.29, 0.717) is 12.1 Å². The summed E-state index contributed by atoms with van der Waals surface area (Å²) in [6, 6.07) is 23.6. The number of benzene rings is 3. The van der Waals surface area contributed by atoms with Gasteiger partial charge in [0, 0.05) is 27.8 Å². The first kappa shape index (κ1) is 21.3. The largest absolute Gasteiger partial charge is 0.497 e. The third kappa shape index (κ3) is 6.84. The van der Waals surface area contributed by atoms with Crippen molar-refractivity contribution in [1.29, 1.82) is 0 Å². The van der Waals surface area contributed by atoms with Crippen LogP contribution in [0.2, 0.25) is 5.02 Å². The van der Waals surface area contributed by atoms with E-state index in [0.717, 1.165) is 29.4 Å². The number of halogens is 1. The van der Waals surface area contributed by atoms with Gasteiger partial charge in [0.25, 0.3) is 5.91 Å². The Kier molecular flexibility index (Phi) is 8.03. The molecule has 0 unspecified atom stereocenters. The van der Waals surface area contributed by atoms with E-state index in [-0.39, 0.29) is 5.91 Å². The highest BCUT2D eigenvalue weighted by atomic mass is 35.5. The fraction of sp³-hybridized carbons (Fsp3) is 0.208. The molecule has 150 valence electrons. The van der Waals surface area contributed by atoms with E-state index in [1.54, 1.807) is 18.9 Å². The quantitative estimate of drug-likeness (QED) is 0.337. The van der Waals surface area contributed by atoms with Gasteiger partial charge in [-0.3, -0.25) is 4.79 Å². The first-order valence-electron chi connectivity index (χ1n) is 9.52. The van der Waals surface area contributed by atoms with Crippen molar-refractivity contribution in [1.82, 2.24) is 5.32 Å². The molecule has 29 heavy (non-hydrogen) atoms. The van der Waals surface area contributed by atoms with Crippen molar-refractivity contribution in [2.24, 2.45) is 0 Å². The lowest BCUT2D eigenvalue weighted by atomic mass is 10.1. The van der Waals surface area contributed by atoms with E-state index in [1.807, 2.05) is 66.7 Å². The summed E-state index contributed by atoms with van der Waals surface area (Å²) in [6.07, 6.45) is 1.78. The second kappa shape index (κ2) is 10.9. The summed E-state index contributed by atoms with van der Waals surface area (Å²) in [7, 11) is 1.67. The summed E-state index contributed by atoms with van der Waals surface area (Å²) >= 11 is 7.66. The van der Waals surface area contributed by atoms with Gasteiger partial charge in [-0.2, -0.15) is 0 Å². The number of thioether (sulfide) groups is 1. The van der Waals surface area contributed by atoms with Crippen LogP contribution in [0.3, 0.4) is 0 Å². The summed E-state index contributed by atoms with van der Waals surface area (Å²) < 4.78 is 5.24. The van der Waals surface area contributed by atoms with E-state index in [4.69, 9.17) is 16.3 Å². The average Bonchev–Trinajstić information content (AvgIpc) is 2.76. The number of hydrogen-bond acceptors (Lipinski definition) is 3. The van der Waals surface area contributed by atoms with E-state index in [2.05, 4.69) is 11.4 Å². The lowest BCUT2D eigenvalue weighted by Crippen LogP contribution is -2.24. The third-order valence-electron chi connectivity index (χ3n) is 4.50. The van der Waals surface area contributed by atoms with E-state index in [1.165, 1.54) is 16.0 Å². The number of ether oxygens (including phenoxy) is 1. The monoisotopic (exact) mass is 425 g/mol. The molecule has 0 atom stereocenters. The molecule has 3 aromatic rings. The van der Waals surface area contributed by atoms with Crippen LogP contribution < -0.4 is 10.1 Å². The van der Waals surface area contributed by atoms with Gasteiger partial charge in [0.15, 0.2) is 0 Å². The fourth-order valence-corrected chi connectivity index (χ4v) is 3.85. The van der Waals surface area contributed by atoms with Gasteiger partial charge in [-0.15, -0.1) is 11.8 Å². The number of amides is 1. The molecule has 0 aliphatic carbocycles. The molecule has 3 nitrogen and oxygen atoms in total. The smallest absolute Gasteiger partial charge is 0.251 e. The van der Waals surface area contributed by atoms with Crippen molar-refractivity contribution in [2.45, 2.75) is 23.5 Å². The molecule has 0 aliphatic heterocycles. The molecule has 0 fully saturated rings. The topological polar surface area (TPSA) is 38.3 Å². The van der Waals surface area contributed by atoms with Crippen molar-refractivity contribution in [3.8, 4) is 5.75 Å². The second-order valence-corrected chi connectivity index (χ2v) is 8.14. The highest BCUT2D eigenvalue weighted by Gasteiger charge is 2.05. The van der Waals surface area contributed by atoms with Crippen LogP contribution in [-0.4, -0.2) is 19.6 Å². The fourth-order valence-electron chi connectivity index (χ4n) is 2.87. The summed E-state index contributed by atoms with van der Waals surface area (Å²) in [5.41, 5.74) is 3.08. The highest BCUT2D eigenvalue weighted by Crippen LogP contribution is 2.24. The van der Waals surface area contributed by atoms with Crippen LogP contribution in [-0.2, 0) is 12.2 Å². The molecule has 0 spiro atoms. The minimum atomic E-state index is -0.0347. The number of nitrogens with one attached hydrogen (secondary N) is 1. The van der Waals surface area contributed by atoms with Gasteiger partial charge in [0.2, 0.25) is 0 Å². The normalized spacial score (nSPS) is 10.6. The number of carbonyl (C=O) groups excluding carboxylic acids is 1. The van der Waals surface area contributed by atoms with Crippen molar-refractivity contribution in [3.63, 3.8) is 0 Å². The minimum Gasteiger partial charge on any atom is -0.497 e. The van der Waals surface area contributed by atoms with Crippen molar-refractivity contribution in [3.05, 3.63) is 94.5 Å². The molecule has 0 heterocycles. The molecule has 1 amide bonds. The molecule has 0 radical (unpaired) electrons. The van der Waals surface area contributed by atoms with Crippen molar-refractivity contribution >= 4 is 29.3 Å². The lowest BCUT2D eigenvalue weighted by Gasteiger charge is -2.08. The predicted octanol–water partition coefficient (Wildman–Crippen LogP) is 6.00. The van der Waals surface area contributed by atoms with Crippen LogP contribution >= 0.6 is 23.4 Å². The van der Waals surface area contributed by atoms with Gasteiger partial charge in [-0.05, 0) is 72.5 Å². The van der Waals surface area contributed by atoms with E-state index >= 15 is 0 Å². The van der Waals surface area contributed by atoms with E-state index in [9.17, 15) is 4.79 Å². The number of rotatable bonds is 9. The molecule has 5 heteroatoms. The Bertz CT molecular complexity index is 926. The van der Waals surface area contributed by atoms with Crippen LogP contribution in [0.15, 0.2) is 77.7 Å². The number of carbonyl (C=O) groups is 1. The molecule has 0 saturated carbocycles. The molecule has 0 aliphatic rings. The molecular weight excluding hydrogens is 402 g/mol. The zero-order valence-corrected chi connectivity index (χ0v) is 17.9. The predicted molar refractivity (Wildman–Crippen MR) is 121 cm³/mol. The Morgan fingerprint density at radius 1 is 1.00 bits per heavy atom. The second-order valence-electron chi connectivity index (χ2n) is 6.65. The summed E-state index contributed by atoms with van der Waals surface area (Å²) in [6.45, 7) is 0.643. The zero-order valence-electron chi connectivity index (χ0n) is 16.4. The van der Waals surface area contributed by atoms with Crippen molar-refractivity contribution < 1.29 is 9.53 Å². The SMILES string of the molecule is COc1cccc(CCCNC(=O)c2ccc(CSc3ccc(Cl)cc3)cc2)c1. The Morgan fingerprint density at radius 3 is 2.48 bits per heavy atom. The molecule has 0 bridgehead atoms. The van der Waals surface area contributed by atoms with Gasteiger partial charge in [-0.25, -0.2) is 0 Å². The molecule has 0 aromatic heterocycles. The van der Waals surface area contributed by atoms with Crippen LogP contribution in [0.25, 0.3) is 0 Å². The Labute approximate surface area is 181 Å². The maximum atomic E-state index is 12.3. The zero-order chi connectivity index (χ0) is 20.5. The number of aryl methyl sites for hydroxylation is 1. The average molecular weight is 426 g/mol. The van der Waals surface area contributed by atoms with Gasteiger partial charge in [0.1, 0.15) is 5.75 Å². The van der Waals surface area contributed by atoms with Crippen LogP contribution in [0, 0.1) is 0 Å². The Hall–Kier alpha value is -2.43. The number of methoxy groups -OCH3 is 1. The highest BCUT2D eigenvalue weighted by molar-refractivity contribution is 7.98. The third-order valence-corrected chi connectivity index (χ3v) is 5.83. The molecule has 0 saturated heterocycles. The van der Waals surface area contributed by atoms with E-state index < -0.39 is 0 Å². The van der Waals surface area contributed by atoms with Gasteiger partial charge in [0.05, 0.1) is 7.11 Å². The first-order chi connectivity index (χ1) is 14.1. The molecule has 3 rings (SSSR count). The van der Waals surface area contributed by atoms with Gasteiger partial charge >= 0.3 is 0 Å². The van der Waals surface area contributed by atoms with Crippen LogP contribution in [0.5, 0.6) is 5.75 Å². The van der Waals surface area contributed by atoms with Crippen molar-refractivity contribution in [2.75, 3.05) is 13.7 Å². The number of hydrogen-bond donors (Lipinski definition) is 1. The summed E-state index contributed by atoms with van der Waals surface area (Å²) in [5, 5.41) is 3.74. The molecule has 1 N–H and O–H groups in total. The first-order valence-corrected chi connectivity index (χ1v) is 10.9. The van der Waals surface area contributed by atoms with Gasteiger partial charge in [-0.1, -0.05) is 35.9 Å². The van der Waals surface area contributed by atoms with Crippen LogP contribution in [0.1, 0.15) is 27.9 Å². The standard InChI is InChI=1S/C24H24ClNO2S/c1-28-22-6-2-4-18(16-22)5-3-15-26-24(27)20-9-7-19(8-10-20)17-29-23-13-11-21(25)12-14-23/h2,4,6-14,16H,3,5,15,17H2,1H3,(H,26,27).